The zero-order valence-electron chi connectivity index (χ0n) is 22.9. The number of rotatable bonds is 5. The summed E-state index contributed by atoms with van der Waals surface area (Å²) >= 11 is 0. The van der Waals surface area contributed by atoms with Gasteiger partial charge in [-0.2, -0.15) is 8.42 Å². The monoisotopic (exact) mass is 572 g/mol. The molecule has 2 aromatic carbocycles. The minimum atomic E-state index is -4.98. The van der Waals surface area contributed by atoms with Crippen molar-refractivity contribution >= 4 is 43.1 Å². The quantitative estimate of drug-likeness (QED) is 0.224. The van der Waals surface area contributed by atoms with Crippen molar-refractivity contribution in [1.29, 1.82) is 0 Å². The van der Waals surface area contributed by atoms with Crippen molar-refractivity contribution in [2.45, 2.75) is 43.7 Å². The molecule has 3 aromatic heterocycles. The molecule has 10 heteroatoms. The van der Waals surface area contributed by atoms with Crippen LogP contribution in [-0.2, 0) is 10.2 Å². The fourth-order valence-corrected chi connectivity index (χ4v) is 6.25. The highest BCUT2D eigenvalue weighted by molar-refractivity contribution is 7.86. The molecule has 0 saturated carbocycles. The number of fused-ring (bicyclic) bond motifs is 4. The SMILES string of the molecule is C#Cc1ccc2c(c1)[nH]c1c2c(=O)c2cc(OC(C)C)c(-c3cncc(S(=O)(=O)F)c3)cc2n1C1CCN(C)CC1. The maximum absolute atomic E-state index is 14.2. The van der Waals surface area contributed by atoms with Gasteiger partial charge in [0.2, 0.25) is 0 Å². The second-order valence-corrected chi connectivity index (χ2v) is 12.2. The zero-order chi connectivity index (χ0) is 29.1. The minimum Gasteiger partial charge on any atom is -0.490 e. The first kappa shape index (κ1) is 27.0. The Morgan fingerprint density at radius 3 is 2.56 bits per heavy atom. The molecule has 1 fully saturated rings. The number of nitrogens with zero attached hydrogens (tertiary/aromatic N) is 3. The number of hydrogen-bond donors (Lipinski definition) is 1. The van der Waals surface area contributed by atoms with Gasteiger partial charge in [-0.3, -0.25) is 9.78 Å². The van der Waals surface area contributed by atoms with Crippen LogP contribution in [0.4, 0.5) is 3.89 Å². The van der Waals surface area contributed by atoms with Gasteiger partial charge in [0.15, 0.2) is 5.43 Å². The van der Waals surface area contributed by atoms with E-state index >= 15 is 0 Å². The fourth-order valence-electron chi connectivity index (χ4n) is 5.80. The van der Waals surface area contributed by atoms with E-state index in [0.717, 1.165) is 43.0 Å². The molecule has 41 heavy (non-hydrogen) atoms. The Hall–Kier alpha value is -4.20. The van der Waals surface area contributed by atoms with Crippen molar-refractivity contribution in [3.05, 3.63) is 64.6 Å². The molecular formula is C31H29FN4O4S. The summed E-state index contributed by atoms with van der Waals surface area (Å²) in [7, 11) is -2.89. The van der Waals surface area contributed by atoms with Crippen LogP contribution in [0.25, 0.3) is 44.0 Å². The molecule has 0 amide bonds. The Morgan fingerprint density at radius 2 is 1.88 bits per heavy atom. The predicted octanol–water partition coefficient (Wildman–Crippen LogP) is 5.39. The highest BCUT2D eigenvalue weighted by Crippen LogP contribution is 2.39. The van der Waals surface area contributed by atoms with Crippen LogP contribution in [-0.4, -0.2) is 54.1 Å². The number of hydrogen-bond acceptors (Lipinski definition) is 6. The highest BCUT2D eigenvalue weighted by Gasteiger charge is 2.26. The van der Waals surface area contributed by atoms with E-state index in [0.29, 0.717) is 44.4 Å². The minimum absolute atomic E-state index is 0.0809. The van der Waals surface area contributed by atoms with Gasteiger partial charge in [-0.1, -0.05) is 12.0 Å². The standard InChI is InChI=1S/C31H29FN4O4S/c1-5-19-6-7-23-26(12-19)34-31-29(23)30(37)25-15-28(40-18(2)3)24(20-13-22(17-33-16-20)41(32,38)39)14-27(25)36(31)21-8-10-35(4)11-9-21/h1,6-7,12-18,21,34H,8-11H2,2-4H3. The molecule has 0 bridgehead atoms. The molecule has 0 spiro atoms. The number of nitrogens with one attached hydrogen (secondary N) is 1. The molecule has 0 atom stereocenters. The lowest BCUT2D eigenvalue weighted by atomic mass is 9.99. The van der Waals surface area contributed by atoms with Gasteiger partial charge in [0, 0.05) is 46.0 Å². The summed E-state index contributed by atoms with van der Waals surface area (Å²) in [5, 5.41) is 1.83. The van der Waals surface area contributed by atoms with Crippen LogP contribution in [0.1, 0.15) is 38.3 Å². The van der Waals surface area contributed by atoms with Gasteiger partial charge in [0.25, 0.3) is 0 Å². The second-order valence-electron chi connectivity index (χ2n) is 10.9. The van der Waals surface area contributed by atoms with Gasteiger partial charge in [0.05, 0.1) is 22.4 Å². The first-order chi connectivity index (χ1) is 19.5. The maximum atomic E-state index is 14.2. The van der Waals surface area contributed by atoms with Crippen LogP contribution in [0, 0.1) is 12.3 Å². The average Bonchev–Trinajstić information content (AvgIpc) is 3.32. The third-order valence-electron chi connectivity index (χ3n) is 7.74. The lowest BCUT2D eigenvalue weighted by Gasteiger charge is -2.32. The predicted molar refractivity (Wildman–Crippen MR) is 159 cm³/mol. The summed E-state index contributed by atoms with van der Waals surface area (Å²) in [6.45, 7) is 5.50. The van der Waals surface area contributed by atoms with Crippen molar-refractivity contribution in [3.8, 4) is 29.2 Å². The molecule has 4 heterocycles. The number of benzene rings is 2. The van der Waals surface area contributed by atoms with Crippen molar-refractivity contribution in [2.75, 3.05) is 20.1 Å². The van der Waals surface area contributed by atoms with Crippen LogP contribution in [0.5, 0.6) is 5.75 Å². The van der Waals surface area contributed by atoms with E-state index < -0.39 is 15.1 Å². The van der Waals surface area contributed by atoms with E-state index in [2.05, 4.69) is 32.4 Å². The first-order valence-electron chi connectivity index (χ1n) is 13.4. The molecule has 1 aliphatic heterocycles. The third kappa shape index (κ3) is 4.75. The van der Waals surface area contributed by atoms with Crippen LogP contribution >= 0.6 is 0 Å². The van der Waals surface area contributed by atoms with E-state index in [4.69, 9.17) is 11.2 Å². The molecule has 1 N–H and O–H groups in total. The number of likely N-dealkylation sites (tertiary alicyclic amines) is 1. The van der Waals surface area contributed by atoms with E-state index in [1.54, 1.807) is 6.07 Å². The van der Waals surface area contributed by atoms with E-state index in [1.807, 2.05) is 38.1 Å². The number of pyridine rings is 2. The summed E-state index contributed by atoms with van der Waals surface area (Å²) < 4.78 is 45.7. The maximum Gasteiger partial charge on any atom is 0.333 e. The van der Waals surface area contributed by atoms with E-state index in [9.17, 15) is 17.1 Å². The van der Waals surface area contributed by atoms with Gasteiger partial charge in [-0.05, 0) is 77.2 Å². The third-order valence-corrected chi connectivity index (χ3v) is 8.52. The lowest BCUT2D eigenvalue weighted by molar-refractivity contribution is 0.226. The van der Waals surface area contributed by atoms with Gasteiger partial charge < -0.3 is 19.2 Å². The zero-order valence-corrected chi connectivity index (χ0v) is 23.8. The molecule has 1 aliphatic rings. The van der Waals surface area contributed by atoms with Crippen LogP contribution in [0.3, 0.4) is 0 Å². The van der Waals surface area contributed by atoms with Crippen LogP contribution in [0.2, 0.25) is 0 Å². The van der Waals surface area contributed by atoms with Crippen LogP contribution in [0.15, 0.2) is 58.5 Å². The number of H-pyrrole nitrogens is 1. The first-order valence-corrected chi connectivity index (χ1v) is 14.8. The largest absolute Gasteiger partial charge is 0.490 e. The van der Waals surface area contributed by atoms with Gasteiger partial charge >= 0.3 is 10.2 Å². The molecule has 6 rings (SSSR count). The summed E-state index contributed by atoms with van der Waals surface area (Å²) in [5.74, 6) is 3.04. The van der Waals surface area contributed by atoms with Crippen molar-refractivity contribution in [3.63, 3.8) is 0 Å². The molecule has 210 valence electrons. The highest BCUT2D eigenvalue weighted by atomic mass is 32.3. The lowest BCUT2D eigenvalue weighted by Crippen LogP contribution is -2.32. The summed E-state index contributed by atoms with van der Waals surface area (Å²) in [5.41, 5.74) is 3.56. The molecule has 1 saturated heterocycles. The normalized spacial score (nSPS) is 15.2. The second kappa shape index (κ2) is 10.0. The Kier molecular flexibility index (Phi) is 6.59. The number of terminal acetylenes is 1. The fraction of sp³-hybridized carbons (Fsp3) is 0.290. The summed E-state index contributed by atoms with van der Waals surface area (Å²) in [6, 6.07) is 10.4. The van der Waals surface area contributed by atoms with Gasteiger partial charge in [-0.25, -0.2) is 0 Å². The molecule has 5 aromatic rings. The number of aromatic amines is 1. The summed E-state index contributed by atoms with van der Waals surface area (Å²) in [6.07, 6.45) is 9.57. The molecule has 0 aliphatic carbocycles. The number of ether oxygens (including phenoxy) is 1. The number of halogens is 1. The van der Waals surface area contributed by atoms with Gasteiger partial charge in [0.1, 0.15) is 16.3 Å². The number of aromatic nitrogens is 3. The number of piperidine rings is 1. The van der Waals surface area contributed by atoms with Crippen molar-refractivity contribution in [2.24, 2.45) is 0 Å². The van der Waals surface area contributed by atoms with Crippen molar-refractivity contribution in [1.82, 2.24) is 19.4 Å². The van der Waals surface area contributed by atoms with E-state index in [1.165, 1.54) is 12.3 Å². The van der Waals surface area contributed by atoms with Gasteiger partial charge in [-0.15, -0.1) is 10.3 Å². The summed E-state index contributed by atoms with van der Waals surface area (Å²) in [4.78, 5) is 23.4. The van der Waals surface area contributed by atoms with Crippen molar-refractivity contribution < 1.29 is 17.0 Å². The molecular weight excluding hydrogens is 543 g/mol. The smallest absolute Gasteiger partial charge is 0.333 e. The molecule has 8 nitrogen and oxygen atoms in total. The Balaban J connectivity index is 1.74. The average molecular weight is 573 g/mol. The van der Waals surface area contributed by atoms with E-state index in [-0.39, 0.29) is 17.6 Å². The Labute approximate surface area is 237 Å². The molecule has 0 radical (unpaired) electrons. The Morgan fingerprint density at radius 1 is 1.12 bits per heavy atom. The Bertz CT molecular complexity index is 2050. The topological polar surface area (TPSA) is 97.3 Å². The molecule has 0 unspecified atom stereocenters. The van der Waals surface area contributed by atoms with Crippen LogP contribution < -0.4 is 10.2 Å².